The number of rotatable bonds is 5. The van der Waals surface area contributed by atoms with Crippen molar-refractivity contribution in [1.29, 1.82) is 0 Å². The van der Waals surface area contributed by atoms with Crippen molar-refractivity contribution in [3.63, 3.8) is 0 Å². The summed E-state index contributed by atoms with van der Waals surface area (Å²) in [6.45, 7) is 1.95. The summed E-state index contributed by atoms with van der Waals surface area (Å²) in [5.74, 6) is -0.0254. The quantitative estimate of drug-likeness (QED) is 0.774. The Balaban J connectivity index is 2.54. The highest BCUT2D eigenvalue weighted by atomic mass is 35.5. The van der Waals surface area contributed by atoms with Crippen molar-refractivity contribution < 1.29 is 4.79 Å². The van der Waals surface area contributed by atoms with E-state index in [0.29, 0.717) is 6.42 Å². The smallest absolute Gasteiger partial charge is 0.175 e. The molecule has 1 aromatic carbocycles. The first-order chi connectivity index (χ1) is 7.24. The highest BCUT2D eigenvalue weighted by Crippen LogP contribution is 2.10. The standard InChI is InChI=1S/C12H14ClNO/c1-2-6-12(15)11(13)9-14-10-7-4-3-5-8-10/h3-5,7-9,14H,2,6H2,1H3. The molecule has 0 aliphatic carbocycles. The summed E-state index contributed by atoms with van der Waals surface area (Å²) in [4.78, 5) is 11.3. The van der Waals surface area contributed by atoms with Gasteiger partial charge in [0.1, 0.15) is 0 Å². The van der Waals surface area contributed by atoms with E-state index in [-0.39, 0.29) is 10.8 Å². The van der Waals surface area contributed by atoms with Gasteiger partial charge in [0.25, 0.3) is 0 Å². The van der Waals surface area contributed by atoms with E-state index >= 15 is 0 Å². The van der Waals surface area contributed by atoms with Gasteiger partial charge in [0.05, 0.1) is 5.03 Å². The van der Waals surface area contributed by atoms with E-state index < -0.39 is 0 Å². The van der Waals surface area contributed by atoms with Crippen molar-refractivity contribution in [3.05, 3.63) is 41.6 Å². The lowest BCUT2D eigenvalue weighted by atomic mass is 10.2. The number of benzene rings is 1. The number of ketones is 1. The average Bonchev–Trinajstić information content (AvgIpc) is 2.27. The van der Waals surface area contributed by atoms with Gasteiger partial charge in [-0.1, -0.05) is 36.7 Å². The zero-order valence-corrected chi connectivity index (χ0v) is 9.42. The van der Waals surface area contributed by atoms with Crippen LogP contribution in [0, 0.1) is 0 Å². The van der Waals surface area contributed by atoms with Gasteiger partial charge < -0.3 is 5.32 Å². The van der Waals surface area contributed by atoms with Crippen LogP contribution in [0.25, 0.3) is 0 Å². The van der Waals surface area contributed by atoms with E-state index in [9.17, 15) is 4.79 Å². The Morgan fingerprint density at radius 3 is 2.67 bits per heavy atom. The summed E-state index contributed by atoms with van der Waals surface area (Å²) in [5, 5.41) is 3.22. The first kappa shape index (κ1) is 11.8. The van der Waals surface area contributed by atoms with Crippen LogP contribution in [0.5, 0.6) is 0 Å². The molecule has 15 heavy (non-hydrogen) atoms. The molecule has 0 radical (unpaired) electrons. The molecule has 3 heteroatoms. The van der Waals surface area contributed by atoms with Gasteiger partial charge in [-0.05, 0) is 18.6 Å². The van der Waals surface area contributed by atoms with E-state index in [4.69, 9.17) is 11.6 Å². The van der Waals surface area contributed by atoms with Gasteiger partial charge in [-0.25, -0.2) is 0 Å². The fourth-order valence-electron chi connectivity index (χ4n) is 1.11. The molecule has 1 aromatic rings. The Morgan fingerprint density at radius 1 is 1.40 bits per heavy atom. The second-order valence-electron chi connectivity index (χ2n) is 3.18. The summed E-state index contributed by atoms with van der Waals surface area (Å²) in [7, 11) is 0. The molecule has 1 rings (SSSR count). The van der Waals surface area contributed by atoms with E-state index in [1.807, 2.05) is 37.3 Å². The van der Waals surface area contributed by atoms with Crippen LogP contribution in [0.1, 0.15) is 19.8 Å². The van der Waals surface area contributed by atoms with Crippen molar-refractivity contribution in [2.75, 3.05) is 5.32 Å². The van der Waals surface area contributed by atoms with E-state index in [1.54, 1.807) is 0 Å². The third-order valence-electron chi connectivity index (χ3n) is 1.88. The Labute approximate surface area is 94.9 Å². The maximum absolute atomic E-state index is 11.3. The maximum atomic E-state index is 11.3. The van der Waals surface area contributed by atoms with Crippen LogP contribution in [-0.4, -0.2) is 5.78 Å². The van der Waals surface area contributed by atoms with Gasteiger partial charge in [0.2, 0.25) is 0 Å². The first-order valence-corrected chi connectivity index (χ1v) is 5.32. The van der Waals surface area contributed by atoms with Crippen LogP contribution in [0.2, 0.25) is 0 Å². The zero-order chi connectivity index (χ0) is 11.1. The highest BCUT2D eigenvalue weighted by molar-refractivity contribution is 6.42. The van der Waals surface area contributed by atoms with E-state index in [2.05, 4.69) is 5.32 Å². The summed E-state index contributed by atoms with van der Waals surface area (Å²) in [5.41, 5.74) is 0.917. The number of hydrogen-bond donors (Lipinski definition) is 1. The first-order valence-electron chi connectivity index (χ1n) is 4.94. The lowest BCUT2D eigenvalue weighted by Gasteiger charge is -2.01. The van der Waals surface area contributed by atoms with Gasteiger partial charge in [-0.15, -0.1) is 0 Å². The summed E-state index contributed by atoms with van der Waals surface area (Å²) < 4.78 is 0. The lowest BCUT2D eigenvalue weighted by molar-refractivity contribution is -0.115. The van der Waals surface area contributed by atoms with Crippen LogP contribution >= 0.6 is 11.6 Å². The minimum absolute atomic E-state index is 0.0254. The van der Waals surface area contributed by atoms with E-state index in [0.717, 1.165) is 12.1 Å². The molecule has 80 valence electrons. The Bertz CT molecular complexity index is 346. The zero-order valence-electron chi connectivity index (χ0n) is 8.66. The molecule has 0 spiro atoms. The van der Waals surface area contributed by atoms with Crippen LogP contribution in [0.4, 0.5) is 5.69 Å². The predicted octanol–water partition coefficient (Wildman–Crippen LogP) is 3.55. The van der Waals surface area contributed by atoms with Crippen molar-refractivity contribution >= 4 is 23.1 Å². The minimum Gasteiger partial charge on any atom is -0.360 e. The normalized spacial score (nSPS) is 11.2. The van der Waals surface area contributed by atoms with Crippen molar-refractivity contribution in [3.8, 4) is 0 Å². The Hall–Kier alpha value is -1.28. The minimum atomic E-state index is -0.0254. The molecule has 0 aliphatic heterocycles. The fourth-order valence-corrected chi connectivity index (χ4v) is 1.26. The molecule has 0 aliphatic rings. The molecule has 0 bridgehead atoms. The monoisotopic (exact) mass is 223 g/mol. The van der Waals surface area contributed by atoms with Crippen LogP contribution in [0.15, 0.2) is 41.6 Å². The van der Waals surface area contributed by atoms with Crippen molar-refractivity contribution in [2.45, 2.75) is 19.8 Å². The maximum Gasteiger partial charge on any atom is 0.175 e. The molecule has 0 saturated heterocycles. The third-order valence-corrected chi connectivity index (χ3v) is 2.20. The number of carbonyl (C=O) groups excluding carboxylic acids is 1. The van der Waals surface area contributed by atoms with Gasteiger partial charge in [0.15, 0.2) is 5.78 Å². The molecule has 0 heterocycles. The summed E-state index contributed by atoms with van der Waals surface area (Å²) in [6.07, 6.45) is 2.84. The number of hydrogen-bond acceptors (Lipinski definition) is 2. The topological polar surface area (TPSA) is 29.1 Å². The predicted molar refractivity (Wildman–Crippen MR) is 63.9 cm³/mol. The molecule has 0 fully saturated rings. The second-order valence-corrected chi connectivity index (χ2v) is 3.58. The SMILES string of the molecule is CCCC(=O)C(Cl)=CNc1ccccc1. The molecular weight excluding hydrogens is 210 g/mol. The molecule has 0 aromatic heterocycles. The molecule has 2 nitrogen and oxygen atoms in total. The van der Waals surface area contributed by atoms with Gasteiger partial charge >= 0.3 is 0 Å². The van der Waals surface area contributed by atoms with Crippen LogP contribution in [0.3, 0.4) is 0 Å². The largest absolute Gasteiger partial charge is 0.360 e. The molecule has 0 atom stereocenters. The Morgan fingerprint density at radius 2 is 2.07 bits per heavy atom. The number of anilines is 1. The fraction of sp³-hybridized carbons (Fsp3) is 0.250. The molecule has 1 N–H and O–H groups in total. The highest BCUT2D eigenvalue weighted by Gasteiger charge is 2.04. The second kappa shape index (κ2) is 6.25. The third kappa shape index (κ3) is 4.17. The summed E-state index contributed by atoms with van der Waals surface area (Å²) >= 11 is 5.81. The number of nitrogens with one attached hydrogen (secondary N) is 1. The Kier molecular flexibility index (Phi) is 4.91. The number of halogens is 1. The van der Waals surface area contributed by atoms with Crippen LogP contribution in [-0.2, 0) is 4.79 Å². The van der Waals surface area contributed by atoms with Gasteiger partial charge in [-0.2, -0.15) is 0 Å². The number of Topliss-reactive ketones (excluding diaryl/α,β-unsaturated/α-hetero) is 1. The van der Waals surface area contributed by atoms with Crippen molar-refractivity contribution in [2.24, 2.45) is 0 Å². The number of allylic oxidation sites excluding steroid dienone is 1. The average molecular weight is 224 g/mol. The van der Waals surface area contributed by atoms with Crippen LogP contribution < -0.4 is 5.32 Å². The number of carbonyl (C=O) groups is 1. The lowest BCUT2D eigenvalue weighted by Crippen LogP contribution is -1.99. The van der Waals surface area contributed by atoms with E-state index in [1.165, 1.54) is 6.20 Å². The van der Waals surface area contributed by atoms with Gasteiger partial charge in [0, 0.05) is 18.3 Å². The van der Waals surface area contributed by atoms with Gasteiger partial charge in [-0.3, -0.25) is 4.79 Å². The number of para-hydroxylation sites is 1. The molecular formula is C12H14ClNO. The summed E-state index contributed by atoms with van der Waals surface area (Å²) in [6, 6.07) is 9.57. The van der Waals surface area contributed by atoms with Crippen molar-refractivity contribution in [1.82, 2.24) is 0 Å². The molecule has 0 saturated carbocycles. The molecule has 0 unspecified atom stereocenters. The molecule has 0 amide bonds.